The van der Waals surface area contributed by atoms with E-state index in [0.29, 0.717) is 13.0 Å². The van der Waals surface area contributed by atoms with Crippen molar-refractivity contribution in [2.45, 2.75) is 26.3 Å². The van der Waals surface area contributed by atoms with Gasteiger partial charge >= 0.3 is 0 Å². The van der Waals surface area contributed by atoms with Crippen LogP contribution in [0.2, 0.25) is 0 Å². The first-order valence-corrected chi connectivity index (χ1v) is 7.16. The van der Waals surface area contributed by atoms with Gasteiger partial charge in [-0.05, 0) is 18.2 Å². The fourth-order valence-electron chi connectivity index (χ4n) is 2.00. The van der Waals surface area contributed by atoms with Gasteiger partial charge < -0.3 is 14.4 Å². The molecule has 0 unspecified atom stereocenters. The number of rotatable bonds is 6. The van der Waals surface area contributed by atoms with Crippen LogP contribution in [0.4, 0.5) is 0 Å². The van der Waals surface area contributed by atoms with Crippen molar-refractivity contribution in [1.82, 2.24) is 9.55 Å². The van der Waals surface area contributed by atoms with Gasteiger partial charge in [0.15, 0.2) is 0 Å². The van der Waals surface area contributed by atoms with E-state index in [-0.39, 0.29) is 6.61 Å². The molecular formula is C17H20N2O2. The zero-order valence-corrected chi connectivity index (χ0v) is 12.2. The van der Waals surface area contributed by atoms with E-state index in [1.54, 1.807) is 0 Å². The van der Waals surface area contributed by atoms with Crippen molar-refractivity contribution in [3.05, 3.63) is 48.0 Å². The second-order valence-corrected chi connectivity index (χ2v) is 4.54. The van der Waals surface area contributed by atoms with Crippen LogP contribution in [0.5, 0.6) is 5.75 Å². The number of aromatic nitrogens is 2. The lowest BCUT2D eigenvalue weighted by atomic mass is 10.2. The summed E-state index contributed by atoms with van der Waals surface area (Å²) in [6, 6.07) is 7.69. The predicted molar refractivity (Wildman–Crippen MR) is 82.1 cm³/mol. The van der Waals surface area contributed by atoms with E-state index in [1.807, 2.05) is 36.7 Å². The predicted octanol–water partition coefficient (Wildman–Crippen LogP) is 2.26. The molecule has 110 valence electrons. The number of benzene rings is 1. The Morgan fingerprint density at radius 1 is 1.38 bits per heavy atom. The molecule has 1 aromatic carbocycles. The van der Waals surface area contributed by atoms with Crippen LogP contribution >= 0.6 is 0 Å². The quantitative estimate of drug-likeness (QED) is 0.828. The highest BCUT2D eigenvalue weighted by Gasteiger charge is 2.00. The van der Waals surface area contributed by atoms with Gasteiger partial charge in [0.1, 0.15) is 18.2 Å². The molecule has 0 aliphatic heterocycles. The summed E-state index contributed by atoms with van der Waals surface area (Å²) in [5, 5.41) is 8.71. The van der Waals surface area contributed by atoms with Crippen molar-refractivity contribution in [1.29, 1.82) is 0 Å². The molecule has 0 bridgehead atoms. The van der Waals surface area contributed by atoms with E-state index in [4.69, 9.17) is 9.84 Å². The van der Waals surface area contributed by atoms with Crippen LogP contribution < -0.4 is 4.74 Å². The molecule has 0 amide bonds. The lowest BCUT2D eigenvalue weighted by molar-refractivity contribution is 0.296. The Kier molecular flexibility index (Phi) is 5.86. The van der Waals surface area contributed by atoms with Gasteiger partial charge in [-0.15, -0.1) is 0 Å². The summed E-state index contributed by atoms with van der Waals surface area (Å²) in [4.78, 5) is 4.28. The van der Waals surface area contributed by atoms with Crippen LogP contribution in [0, 0.1) is 11.8 Å². The molecule has 0 fully saturated rings. The van der Waals surface area contributed by atoms with Gasteiger partial charge in [-0.25, -0.2) is 4.98 Å². The molecule has 0 radical (unpaired) electrons. The molecule has 2 rings (SSSR count). The monoisotopic (exact) mass is 284 g/mol. The molecule has 0 saturated carbocycles. The van der Waals surface area contributed by atoms with Gasteiger partial charge in [0.2, 0.25) is 0 Å². The highest BCUT2D eigenvalue weighted by atomic mass is 16.5. The van der Waals surface area contributed by atoms with Gasteiger partial charge in [-0.2, -0.15) is 0 Å². The van der Waals surface area contributed by atoms with Gasteiger partial charge in [0.25, 0.3) is 0 Å². The Labute approximate surface area is 125 Å². The molecule has 4 nitrogen and oxygen atoms in total. The van der Waals surface area contributed by atoms with Gasteiger partial charge in [-0.1, -0.05) is 24.8 Å². The minimum Gasteiger partial charge on any atom is -0.492 e. The first kappa shape index (κ1) is 15.1. The Morgan fingerprint density at radius 2 is 2.29 bits per heavy atom. The maximum Gasteiger partial charge on any atom is 0.120 e. The lowest BCUT2D eigenvalue weighted by Crippen LogP contribution is -2.10. The van der Waals surface area contributed by atoms with Gasteiger partial charge in [-0.3, -0.25) is 0 Å². The third-order valence-electron chi connectivity index (χ3n) is 3.02. The molecule has 21 heavy (non-hydrogen) atoms. The lowest BCUT2D eigenvalue weighted by Gasteiger charge is -2.09. The first-order valence-electron chi connectivity index (χ1n) is 7.16. The number of nitrogens with zero attached hydrogens (tertiary/aromatic N) is 2. The van der Waals surface area contributed by atoms with Crippen LogP contribution in [0.25, 0.3) is 0 Å². The van der Waals surface area contributed by atoms with Crippen molar-refractivity contribution in [3.63, 3.8) is 0 Å². The second-order valence-electron chi connectivity index (χ2n) is 4.54. The van der Waals surface area contributed by atoms with E-state index in [1.165, 1.54) is 0 Å². The number of hydrogen-bond donors (Lipinski definition) is 1. The summed E-state index contributed by atoms with van der Waals surface area (Å²) in [6.07, 6.45) is 5.20. The second kappa shape index (κ2) is 8.13. The third kappa shape index (κ3) is 4.66. The largest absolute Gasteiger partial charge is 0.492 e. The molecule has 0 aliphatic carbocycles. The summed E-state index contributed by atoms with van der Waals surface area (Å²) in [5.74, 6) is 7.79. The molecular weight excluding hydrogens is 264 g/mol. The normalized spacial score (nSPS) is 10.0. The van der Waals surface area contributed by atoms with Crippen molar-refractivity contribution >= 4 is 0 Å². The summed E-state index contributed by atoms with van der Waals surface area (Å²) in [5.41, 5.74) is 0.901. The Hall–Kier alpha value is -2.25. The minimum atomic E-state index is 0.0911. The number of aliphatic hydroxyl groups excluding tert-OH is 1. The average Bonchev–Trinajstić information content (AvgIpc) is 2.96. The SMILES string of the molecule is CCc1nccn1CCOc1cccc(C#CCCO)c1. The molecule has 0 spiro atoms. The number of aryl methyl sites for hydroxylation is 1. The van der Waals surface area contributed by atoms with Gasteiger partial charge in [0, 0.05) is 30.8 Å². The van der Waals surface area contributed by atoms with Crippen molar-refractivity contribution in [2.24, 2.45) is 0 Å². The summed E-state index contributed by atoms with van der Waals surface area (Å²) in [7, 11) is 0. The van der Waals surface area contributed by atoms with Crippen LogP contribution in [-0.2, 0) is 13.0 Å². The number of hydrogen-bond acceptors (Lipinski definition) is 3. The average molecular weight is 284 g/mol. The third-order valence-corrected chi connectivity index (χ3v) is 3.02. The zero-order chi connectivity index (χ0) is 14.9. The number of imidazole rings is 1. The zero-order valence-electron chi connectivity index (χ0n) is 12.2. The van der Waals surface area contributed by atoms with E-state index in [0.717, 1.165) is 30.1 Å². The van der Waals surface area contributed by atoms with Crippen molar-refractivity contribution < 1.29 is 9.84 Å². The van der Waals surface area contributed by atoms with Gasteiger partial charge in [0.05, 0.1) is 13.2 Å². The molecule has 0 saturated heterocycles. The molecule has 0 aliphatic rings. The molecule has 1 aromatic heterocycles. The van der Waals surface area contributed by atoms with E-state index in [9.17, 15) is 0 Å². The fourth-order valence-corrected chi connectivity index (χ4v) is 2.00. The molecule has 2 aromatic rings. The van der Waals surface area contributed by atoms with Crippen LogP contribution in [0.3, 0.4) is 0 Å². The van der Waals surface area contributed by atoms with Crippen molar-refractivity contribution in [3.8, 4) is 17.6 Å². The molecule has 0 atom stereocenters. The summed E-state index contributed by atoms with van der Waals surface area (Å²) in [6.45, 7) is 3.56. The molecule has 4 heteroatoms. The Bertz CT molecular complexity index is 623. The van der Waals surface area contributed by atoms with Crippen LogP contribution in [0.1, 0.15) is 24.7 Å². The topological polar surface area (TPSA) is 47.3 Å². The van der Waals surface area contributed by atoms with E-state index in [2.05, 4.69) is 28.3 Å². The highest BCUT2D eigenvalue weighted by molar-refractivity contribution is 5.39. The maximum absolute atomic E-state index is 8.71. The summed E-state index contributed by atoms with van der Waals surface area (Å²) >= 11 is 0. The number of aliphatic hydroxyl groups is 1. The minimum absolute atomic E-state index is 0.0911. The fraction of sp³-hybridized carbons (Fsp3) is 0.353. The highest BCUT2D eigenvalue weighted by Crippen LogP contribution is 2.12. The molecule has 1 heterocycles. The van der Waals surface area contributed by atoms with Crippen LogP contribution in [-0.4, -0.2) is 27.9 Å². The maximum atomic E-state index is 8.71. The first-order chi connectivity index (χ1) is 10.3. The Morgan fingerprint density at radius 3 is 3.10 bits per heavy atom. The number of ether oxygens (including phenoxy) is 1. The van der Waals surface area contributed by atoms with Crippen LogP contribution in [0.15, 0.2) is 36.7 Å². The standard InChI is InChI=1S/C17H20N2O2/c1-2-17-18-9-10-19(17)11-13-21-16-8-5-7-15(14-16)6-3-4-12-20/h5,7-10,14,20H,2,4,11-13H2,1H3. The molecule has 1 N–H and O–H groups in total. The smallest absolute Gasteiger partial charge is 0.120 e. The Balaban J connectivity index is 1.89. The van der Waals surface area contributed by atoms with E-state index >= 15 is 0 Å². The van der Waals surface area contributed by atoms with Crippen molar-refractivity contribution in [2.75, 3.05) is 13.2 Å². The van der Waals surface area contributed by atoms with E-state index < -0.39 is 0 Å². The summed E-state index contributed by atoms with van der Waals surface area (Å²) < 4.78 is 7.86.